The Labute approximate surface area is 138 Å². The molecule has 0 N–H and O–H groups in total. The maximum Gasteiger partial charge on any atom is 0.309 e. The minimum atomic E-state index is -0.361. The number of aryl methyl sites for hydroxylation is 1. The Morgan fingerprint density at radius 1 is 1.29 bits per heavy atom. The van der Waals surface area contributed by atoms with Crippen LogP contribution < -0.4 is 5.56 Å². The van der Waals surface area contributed by atoms with E-state index >= 15 is 0 Å². The van der Waals surface area contributed by atoms with E-state index in [1.165, 1.54) is 13.2 Å². The van der Waals surface area contributed by atoms with Gasteiger partial charge in [0, 0.05) is 17.0 Å². The number of carbonyl (C=O) groups excluding carboxylic acids is 1. The summed E-state index contributed by atoms with van der Waals surface area (Å²) in [4.78, 5) is 28.7. The number of hydrogen-bond acceptors (Lipinski definition) is 4. The van der Waals surface area contributed by atoms with Gasteiger partial charge >= 0.3 is 5.97 Å². The van der Waals surface area contributed by atoms with Gasteiger partial charge in [0.05, 0.1) is 37.0 Å². The molecule has 0 bridgehead atoms. The van der Waals surface area contributed by atoms with Crippen molar-refractivity contribution in [2.75, 3.05) is 7.11 Å². The van der Waals surface area contributed by atoms with Crippen LogP contribution in [-0.4, -0.2) is 22.6 Å². The average Bonchev–Trinajstić information content (AvgIpc) is 2.92. The van der Waals surface area contributed by atoms with E-state index in [0.29, 0.717) is 12.1 Å². The highest BCUT2D eigenvalue weighted by Gasteiger charge is 2.23. The first-order chi connectivity index (χ1) is 11.6. The average molecular weight is 320 g/mol. The molecule has 0 fully saturated rings. The molecule has 24 heavy (non-hydrogen) atoms. The lowest BCUT2D eigenvalue weighted by atomic mass is 10.0. The van der Waals surface area contributed by atoms with Crippen molar-refractivity contribution in [2.24, 2.45) is 0 Å². The number of hydrogen-bond donors (Lipinski definition) is 0. The summed E-state index contributed by atoms with van der Waals surface area (Å²) in [5.41, 5.74) is 5.22. The van der Waals surface area contributed by atoms with Crippen LogP contribution in [0.4, 0.5) is 0 Å². The van der Waals surface area contributed by atoms with Crippen LogP contribution in [0.25, 0.3) is 22.3 Å². The number of fused-ring (bicyclic) bond motifs is 4. The molecule has 0 spiro atoms. The SMILES string of the molecule is COC(=O)Cc1cc2n(c(=O)c1)Cc1cc3c(C)cccc3nc1-2. The number of carbonyl (C=O) groups is 1. The molecule has 0 unspecified atom stereocenters. The lowest BCUT2D eigenvalue weighted by Gasteiger charge is -2.06. The fraction of sp³-hybridized carbons (Fsp3) is 0.211. The van der Waals surface area contributed by atoms with Crippen LogP contribution in [0, 0.1) is 6.92 Å². The van der Waals surface area contributed by atoms with Crippen molar-refractivity contribution in [1.82, 2.24) is 9.55 Å². The third-order valence-corrected chi connectivity index (χ3v) is 4.49. The lowest BCUT2D eigenvalue weighted by Crippen LogP contribution is -2.19. The molecule has 1 aliphatic heterocycles. The number of esters is 1. The van der Waals surface area contributed by atoms with Gasteiger partial charge in [-0.2, -0.15) is 0 Å². The van der Waals surface area contributed by atoms with Crippen LogP contribution in [-0.2, 0) is 22.5 Å². The third-order valence-electron chi connectivity index (χ3n) is 4.49. The van der Waals surface area contributed by atoms with E-state index in [9.17, 15) is 9.59 Å². The summed E-state index contributed by atoms with van der Waals surface area (Å²) in [7, 11) is 1.34. The summed E-state index contributed by atoms with van der Waals surface area (Å²) in [6.45, 7) is 2.57. The topological polar surface area (TPSA) is 61.2 Å². The second-order valence-corrected chi connectivity index (χ2v) is 6.06. The number of aromatic nitrogens is 2. The molecular formula is C19H16N2O3. The van der Waals surface area contributed by atoms with E-state index in [1.54, 1.807) is 4.57 Å². The molecule has 0 atom stereocenters. The summed E-state index contributed by atoms with van der Waals surface area (Å²) in [5.74, 6) is -0.361. The third kappa shape index (κ3) is 2.21. The van der Waals surface area contributed by atoms with Gasteiger partial charge in [-0.1, -0.05) is 12.1 Å². The van der Waals surface area contributed by atoms with E-state index in [4.69, 9.17) is 9.72 Å². The predicted molar refractivity (Wildman–Crippen MR) is 91.0 cm³/mol. The number of ether oxygens (including phenoxy) is 1. The minimum Gasteiger partial charge on any atom is -0.469 e. The van der Waals surface area contributed by atoms with Crippen LogP contribution >= 0.6 is 0 Å². The number of nitrogens with zero attached hydrogens (tertiary/aromatic N) is 2. The summed E-state index contributed by atoms with van der Waals surface area (Å²) < 4.78 is 6.39. The Bertz CT molecular complexity index is 1050. The van der Waals surface area contributed by atoms with Gasteiger partial charge in [-0.25, -0.2) is 4.98 Å². The molecule has 3 aromatic rings. The van der Waals surface area contributed by atoms with Gasteiger partial charge in [0.25, 0.3) is 5.56 Å². The largest absolute Gasteiger partial charge is 0.469 e. The van der Waals surface area contributed by atoms with Crippen LogP contribution in [0.2, 0.25) is 0 Å². The first-order valence-corrected chi connectivity index (χ1v) is 7.77. The van der Waals surface area contributed by atoms with E-state index < -0.39 is 0 Å². The number of pyridine rings is 2. The van der Waals surface area contributed by atoms with Crippen molar-refractivity contribution in [1.29, 1.82) is 0 Å². The Kier molecular flexibility index (Phi) is 3.23. The van der Waals surface area contributed by atoms with Crippen LogP contribution in [0.1, 0.15) is 16.7 Å². The predicted octanol–water partition coefficient (Wildman–Crippen LogP) is 2.45. The molecule has 5 heteroatoms. The molecule has 3 heterocycles. The molecule has 0 aliphatic carbocycles. The van der Waals surface area contributed by atoms with Gasteiger partial charge in [-0.3, -0.25) is 9.59 Å². The molecule has 5 nitrogen and oxygen atoms in total. The lowest BCUT2D eigenvalue weighted by molar-refractivity contribution is -0.139. The van der Waals surface area contributed by atoms with Crippen LogP contribution in [0.15, 0.2) is 41.2 Å². The van der Waals surface area contributed by atoms with Gasteiger partial charge in [-0.05, 0) is 36.2 Å². The summed E-state index contributed by atoms with van der Waals surface area (Å²) >= 11 is 0. The molecular weight excluding hydrogens is 304 g/mol. The number of benzene rings is 1. The standard InChI is InChI=1S/C19H16N2O3/c1-11-4-3-5-15-14(11)9-13-10-21-16(19(13)20-15)6-12(7-17(21)22)8-18(23)24-2/h3-7,9H,8,10H2,1-2H3. The fourth-order valence-corrected chi connectivity index (χ4v) is 3.25. The van der Waals surface area contributed by atoms with Gasteiger partial charge < -0.3 is 9.30 Å². The quantitative estimate of drug-likeness (QED) is 0.532. The smallest absolute Gasteiger partial charge is 0.309 e. The molecule has 4 rings (SSSR count). The molecule has 2 aromatic heterocycles. The zero-order valence-corrected chi connectivity index (χ0v) is 13.5. The molecule has 1 aliphatic rings. The maximum absolute atomic E-state index is 12.4. The van der Waals surface area contributed by atoms with Crippen molar-refractivity contribution in [2.45, 2.75) is 19.9 Å². The Hall–Kier alpha value is -2.95. The highest BCUT2D eigenvalue weighted by atomic mass is 16.5. The van der Waals surface area contributed by atoms with Crippen molar-refractivity contribution in [3.63, 3.8) is 0 Å². The summed E-state index contributed by atoms with van der Waals surface area (Å²) in [6, 6.07) is 11.5. The van der Waals surface area contributed by atoms with Gasteiger partial charge in [0.15, 0.2) is 0 Å². The zero-order valence-electron chi connectivity index (χ0n) is 13.5. The second kappa shape index (κ2) is 5.30. The van der Waals surface area contributed by atoms with E-state index in [-0.39, 0.29) is 17.9 Å². The van der Waals surface area contributed by atoms with Crippen molar-refractivity contribution in [3.05, 3.63) is 63.4 Å². The highest BCUT2D eigenvalue weighted by molar-refractivity contribution is 5.86. The van der Waals surface area contributed by atoms with Gasteiger partial charge in [0.1, 0.15) is 0 Å². The first-order valence-electron chi connectivity index (χ1n) is 7.77. The first kappa shape index (κ1) is 14.6. The molecule has 0 amide bonds. The van der Waals surface area contributed by atoms with E-state index in [0.717, 1.165) is 33.4 Å². The fourth-order valence-electron chi connectivity index (χ4n) is 3.25. The maximum atomic E-state index is 12.4. The van der Waals surface area contributed by atoms with Crippen molar-refractivity contribution >= 4 is 16.9 Å². The highest BCUT2D eigenvalue weighted by Crippen LogP contribution is 2.32. The molecule has 1 aromatic carbocycles. The van der Waals surface area contributed by atoms with Crippen LogP contribution in [0.3, 0.4) is 0 Å². The Morgan fingerprint density at radius 2 is 2.12 bits per heavy atom. The number of rotatable bonds is 2. The molecule has 120 valence electrons. The van der Waals surface area contributed by atoms with Crippen molar-refractivity contribution < 1.29 is 9.53 Å². The Morgan fingerprint density at radius 3 is 2.92 bits per heavy atom. The number of methoxy groups -OCH3 is 1. The van der Waals surface area contributed by atoms with Gasteiger partial charge in [-0.15, -0.1) is 0 Å². The van der Waals surface area contributed by atoms with E-state index in [1.807, 2.05) is 18.2 Å². The molecule has 0 radical (unpaired) electrons. The van der Waals surface area contributed by atoms with Crippen molar-refractivity contribution in [3.8, 4) is 11.4 Å². The molecule has 0 saturated heterocycles. The normalized spacial score (nSPS) is 12.1. The summed E-state index contributed by atoms with van der Waals surface area (Å²) in [6.07, 6.45) is 0.0849. The van der Waals surface area contributed by atoms with E-state index in [2.05, 4.69) is 19.1 Å². The second-order valence-electron chi connectivity index (χ2n) is 6.06. The minimum absolute atomic E-state index is 0.0849. The zero-order chi connectivity index (χ0) is 16.8. The molecule has 0 saturated carbocycles. The Balaban J connectivity index is 1.90. The monoisotopic (exact) mass is 320 g/mol. The van der Waals surface area contributed by atoms with Crippen LogP contribution in [0.5, 0.6) is 0 Å². The summed E-state index contributed by atoms with van der Waals surface area (Å²) in [5, 5.41) is 1.10. The van der Waals surface area contributed by atoms with Gasteiger partial charge in [0.2, 0.25) is 0 Å².